The zero-order valence-electron chi connectivity index (χ0n) is 13.1. The molecule has 21 heavy (non-hydrogen) atoms. The summed E-state index contributed by atoms with van der Waals surface area (Å²) in [6, 6.07) is 8.34. The number of hydrogen-bond acceptors (Lipinski definition) is 4. The van der Waals surface area contributed by atoms with Crippen LogP contribution in [0.3, 0.4) is 0 Å². The van der Waals surface area contributed by atoms with Gasteiger partial charge in [0.1, 0.15) is 11.3 Å². The highest BCUT2D eigenvalue weighted by Crippen LogP contribution is 2.27. The Balaban J connectivity index is 1.78. The number of likely N-dealkylation sites (N-methyl/N-ethyl adjacent to an activating group) is 1. The van der Waals surface area contributed by atoms with Crippen LogP contribution < -0.4 is 5.32 Å². The highest BCUT2D eigenvalue weighted by Gasteiger charge is 2.20. The fourth-order valence-corrected chi connectivity index (χ4v) is 3.11. The SMILES string of the molecule is CCN1CCN(Cc2oc3ccccc3c2CNC)CC1. The Morgan fingerprint density at radius 3 is 2.52 bits per heavy atom. The van der Waals surface area contributed by atoms with Gasteiger partial charge in [0.25, 0.3) is 0 Å². The normalized spacial score (nSPS) is 17.6. The van der Waals surface area contributed by atoms with Gasteiger partial charge in [-0.3, -0.25) is 4.90 Å². The van der Waals surface area contributed by atoms with Crippen LogP contribution in [0.2, 0.25) is 0 Å². The first-order valence-corrected chi connectivity index (χ1v) is 7.90. The van der Waals surface area contributed by atoms with Gasteiger partial charge in [-0.15, -0.1) is 0 Å². The Kier molecular flexibility index (Phi) is 4.58. The number of piperazine rings is 1. The minimum atomic E-state index is 0.862. The molecule has 2 aromatic rings. The molecule has 0 bridgehead atoms. The molecule has 1 aromatic carbocycles. The predicted molar refractivity (Wildman–Crippen MR) is 86.4 cm³/mol. The fraction of sp³-hybridized carbons (Fsp3) is 0.529. The van der Waals surface area contributed by atoms with Crippen LogP contribution >= 0.6 is 0 Å². The van der Waals surface area contributed by atoms with Gasteiger partial charge >= 0.3 is 0 Å². The van der Waals surface area contributed by atoms with E-state index in [4.69, 9.17) is 4.42 Å². The third kappa shape index (κ3) is 3.12. The van der Waals surface area contributed by atoms with E-state index in [1.165, 1.54) is 10.9 Å². The number of nitrogens with one attached hydrogen (secondary N) is 1. The molecule has 0 aliphatic carbocycles. The Morgan fingerprint density at radius 1 is 1.10 bits per heavy atom. The van der Waals surface area contributed by atoms with Crippen LogP contribution in [0.1, 0.15) is 18.2 Å². The standard InChI is InChI=1S/C17H25N3O/c1-3-19-8-10-20(11-9-19)13-17-15(12-18-2)14-6-4-5-7-16(14)21-17/h4-7,18H,3,8-13H2,1-2H3. The fourth-order valence-electron chi connectivity index (χ4n) is 3.11. The molecule has 4 nitrogen and oxygen atoms in total. The summed E-state index contributed by atoms with van der Waals surface area (Å²) >= 11 is 0. The van der Waals surface area contributed by atoms with Crippen molar-refractivity contribution in [2.75, 3.05) is 39.8 Å². The van der Waals surface area contributed by atoms with Crippen molar-refractivity contribution in [2.45, 2.75) is 20.0 Å². The van der Waals surface area contributed by atoms with E-state index >= 15 is 0 Å². The molecular formula is C17H25N3O. The minimum absolute atomic E-state index is 0.862. The first-order valence-electron chi connectivity index (χ1n) is 7.90. The maximum atomic E-state index is 6.11. The van der Waals surface area contributed by atoms with Crippen molar-refractivity contribution in [3.63, 3.8) is 0 Å². The summed E-state index contributed by atoms with van der Waals surface area (Å²) in [7, 11) is 1.99. The molecule has 1 fully saturated rings. The van der Waals surface area contributed by atoms with E-state index in [2.05, 4.69) is 40.2 Å². The Morgan fingerprint density at radius 2 is 1.81 bits per heavy atom. The van der Waals surface area contributed by atoms with Gasteiger partial charge in [0.2, 0.25) is 0 Å². The monoisotopic (exact) mass is 287 g/mol. The van der Waals surface area contributed by atoms with E-state index in [-0.39, 0.29) is 0 Å². The van der Waals surface area contributed by atoms with Gasteiger partial charge < -0.3 is 14.6 Å². The first-order chi connectivity index (χ1) is 10.3. The van der Waals surface area contributed by atoms with Crippen LogP contribution in [-0.4, -0.2) is 49.6 Å². The molecule has 4 heteroatoms. The third-order valence-corrected chi connectivity index (χ3v) is 4.41. The lowest BCUT2D eigenvalue weighted by Gasteiger charge is -2.33. The summed E-state index contributed by atoms with van der Waals surface area (Å²) in [5, 5.41) is 4.51. The van der Waals surface area contributed by atoms with Crippen molar-refractivity contribution in [1.82, 2.24) is 15.1 Å². The maximum Gasteiger partial charge on any atom is 0.134 e. The Labute approximate surface area is 126 Å². The molecule has 1 aromatic heterocycles. The molecule has 114 valence electrons. The number of furan rings is 1. The van der Waals surface area contributed by atoms with Gasteiger partial charge in [0, 0.05) is 43.7 Å². The molecule has 0 saturated carbocycles. The summed E-state index contributed by atoms with van der Waals surface area (Å²) in [5.41, 5.74) is 2.32. The minimum Gasteiger partial charge on any atom is -0.459 e. The lowest BCUT2D eigenvalue weighted by Crippen LogP contribution is -2.45. The van der Waals surface area contributed by atoms with E-state index in [0.717, 1.165) is 57.2 Å². The van der Waals surface area contributed by atoms with Crippen molar-refractivity contribution in [2.24, 2.45) is 0 Å². The Hall–Kier alpha value is -1.36. The van der Waals surface area contributed by atoms with Gasteiger partial charge in [-0.1, -0.05) is 25.1 Å². The number of para-hydroxylation sites is 1. The molecule has 1 N–H and O–H groups in total. The van der Waals surface area contributed by atoms with Crippen molar-refractivity contribution >= 4 is 11.0 Å². The molecule has 1 aliphatic heterocycles. The van der Waals surface area contributed by atoms with E-state index in [0.29, 0.717) is 0 Å². The van der Waals surface area contributed by atoms with Gasteiger partial charge in [0.05, 0.1) is 6.54 Å². The van der Waals surface area contributed by atoms with Crippen molar-refractivity contribution in [3.8, 4) is 0 Å². The molecule has 0 spiro atoms. The van der Waals surface area contributed by atoms with Gasteiger partial charge in [-0.2, -0.15) is 0 Å². The number of hydrogen-bond donors (Lipinski definition) is 1. The lowest BCUT2D eigenvalue weighted by atomic mass is 10.1. The van der Waals surface area contributed by atoms with E-state index in [9.17, 15) is 0 Å². The molecular weight excluding hydrogens is 262 g/mol. The largest absolute Gasteiger partial charge is 0.459 e. The highest BCUT2D eigenvalue weighted by atomic mass is 16.3. The second-order valence-electron chi connectivity index (χ2n) is 5.74. The molecule has 3 rings (SSSR count). The average Bonchev–Trinajstić information content (AvgIpc) is 2.86. The number of fused-ring (bicyclic) bond motifs is 1. The van der Waals surface area contributed by atoms with E-state index in [1.807, 2.05) is 13.1 Å². The zero-order valence-corrected chi connectivity index (χ0v) is 13.1. The van der Waals surface area contributed by atoms with Crippen LogP contribution in [-0.2, 0) is 13.1 Å². The molecule has 1 aliphatic rings. The maximum absolute atomic E-state index is 6.11. The summed E-state index contributed by atoms with van der Waals surface area (Å²) in [6.45, 7) is 9.76. The number of benzene rings is 1. The van der Waals surface area contributed by atoms with Gasteiger partial charge in [-0.05, 0) is 19.7 Å². The molecule has 0 unspecified atom stereocenters. The average molecular weight is 287 g/mol. The quantitative estimate of drug-likeness (QED) is 0.914. The molecule has 0 atom stereocenters. The third-order valence-electron chi connectivity index (χ3n) is 4.41. The first kappa shape index (κ1) is 14.6. The van der Waals surface area contributed by atoms with Crippen LogP contribution in [0.5, 0.6) is 0 Å². The summed E-state index contributed by atoms with van der Waals surface area (Å²) < 4.78 is 6.11. The molecule has 1 saturated heterocycles. The van der Waals surface area contributed by atoms with Gasteiger partial charge in [0.15, 0.2) is 0 Å². The van der Waals surface area contributed by atoms with E-state index in [1.54, 1.807) is 0 Å². The number of nitrogens with zero attached hydrogens (tertiary/aromatic N) is 2. The summed E-state index contributed by atoms with van der Waals surface area (Å²) in [6.07, 6.45) is 0. The molecule has 0 radical (unpaired) electrons. The van der Waals surface area contributed by atoms with Crippen molar-refractivity contribution < 1.29 is 4.42 Å². The second-order valence-corrected chi connectivity index (χ2v) is 5.74. The highest BCUT2D eigenvalue weighted by molar-refractivity contribution is 5.82. The second kappa shape index (κ2) is 6.60. The Bertz CT molecular complexity index is 585. The van der Waals surface area contributed by atoms with E-state index < -0.39 is 0 Å². The van der Waals surface area contributed by atoms with Crippen molar-refractivity contribution in [1.29, 1.82) is 0 Å². The van der Waals surface area contributed by atoms with Crippen LogP contribution in [0, 0.1) is 0 Å². The van der Waals surface area contributed by atoms with Crippen LogP contribution in [0.15, 0.2) is 28.7 Å². The topological polar surface area (TPSA) is 31.6 Å². The van der Waals surface area contributed by atoms with Gasteiger partial charge in [-0.25, -0.2) is 0 Å². The van der Waals surface area contributed by atoms with Crippen molar-refractivity contribution in [3.05, 3.63) is 35.6 Å². The number of rotatable bonds is 5. The predicted octanol–water partition coefficient (Wildman–Crippen LogP) is 2.29. The smallest absolute Gasteiger partial charge is 0.134 e. The van der Waals surface area contributed by atoms with Crippen LogP contribution in [0.4, 0.5) is 0 Å². The lowest BCUT2D eigenvalue weighted by molar-refractivity contribution is 0.125. The molecule has 2 heterocycles. The zero-order chi connectivity index (χ0) is 14.7. The summed E-state index contributed by atoms with van der Waals surface area (Å²) in [5.74, 6) is 1.12. The molecule has 0 amide bonds. The summed E-state index contributed by atoms with van der Waals surface area (Å²) in [4.78, 5) is 5.01. The van der Waals surface area contributed by atoms with Crippen LogP contribution in [0.25, 0.3) is 11.0 Å².